The monoisotopic (exact) mass is 532 g/mol. The minimum Gasteiger partial charge on any atom is -0.485 e. The lowest BCUT2D eigenvalue weighted by Gasteiger charge is -2.13. The summed E-state index contributed by atoms with van der Waals surface area (Å²) < 4.78 is 11.6. The lowest BCUT2D eigenvalue weighted by atomic mass is 10.1. The number of hydrogen-bond donors (Lipinski definition) is 0. The molecule has 0 aliphatic rings. The van der Waals surface area contributed by atoms with E-state index >= 15 is 0 Å². The van der Waals surface area contributed by atoms with E-state index in [9.17, 15) is 9.59 Å². The summed E-state index contributed by atoms with van der Waals surface area (Å²) in [5.74, 6) is 0.532. The zero-order valence-electron chi connectivity index (χ0n) is 17.5. The van der Waals surface area contributed by atoms with Crippen LogP contribution in [0, 0.1) is 0 Å². The summed E-state index contributed by atoms with van der Waals surface area (Å²) in [6.45, 7) is -0.365. The highest BCUT2D eigenvalue weighted by Crippen LogP contribution is 2.33. The van der Waals surface area contributed by atoms with Crippen LogP contribution in [-0.4, -0.2) is 24.8 Å². The van der Waals surface area contributed by atoms with Gasteiger partial charge < -0.3 is 9.47 Å². The van der Waals surface area contributed by atoms with Gasteiger partial charge in [-0.25, -0.2) is 0 Å². The molecule has 0 amide bonds. The molecule has 0 fully saturated rings. The van der Waals surface area contributed by atoms with Crippen LogP contribution in [0.1, 0.15) is 20.7 Å². The number of benzene rings is 4. The van der Waals surface area contributed by atoms with Crippen molar-refractivity contribution in [2.75, 3.05) is 13.2 Å². The van der Waals surface area contributed by atoms with Gasteiger partial charge in [-0.3, -0.25) is 9.59 Å². The van der Waals surface area contributed by atoms with E-state index in [2.05, 4.69) is 0 Å². The second-order valence-electron chi connectivity index (χ2n) is 7.29. The molecule has 0 saturated heterocycles. The van der Waals surface area contributed by atoms with Gasteiger partial charge in [0.1, 0.15) is 11.5 Å². The summed E-state index contributed by atoms with van der Waals surface area (Å²) >= 11 is 23.8. The summed E-state index contributed by atoms with van der Waals surface area (Å²) in [6, 6.07) is 20.1. The fraction of sp³-hybridized carbons (Fsp3) is 0.0769. The predicted molar refractivity (Wildman–Crippen MR) is 137 cm³/mol. The highest BCUT2D eigenvalue weighted by atomic mass is 35.5. The fourth-order valence-electron chi connectivity index (χ4n) is 3.30. The molecule has 0 heterocycles. The number of Topliss-reactive ketones (excluding diaryl/α,β-unsaturated/α-hetero) is 2. The molecule has 8 heteroatoms. The van der Waals surface area contributed by atoms with Crippen molar-refractivity contribution in [2.45, 2.75) is 0 Å². The number of halogens is 4. The maximum absolute atomic E-state index is 12.5. The average molecular weight is 534 g/mol. The fourth-order valence-corrected chi connectivity index (χ4v) is 3.89. The molecule has 172 valence electrons. The SMILES string of the molecule is O=C(COc1cccc2c(OCC(=O)c3ccc(Cl)c(Cl)c3)cccc12)c1ccc(Cl)c(Cl)c1. The molecule has 0 saturated carbocycles. The lowest BCUT2D eigenvalue weighted by molar-refractivity contribution is 0.0915. The topological polar surface area (TPSA) is 52.6 Å². The Labute approximate surface area is 215 Å². The van der Waals surface area contributed by atoms with Gasteiger partial charge in [0.15, 0.2) is 24.8 Å². The first-order valence-electron chi connectivity index (χ1n) is 10.1. The van der Waals surface area contributed by atoms with Crippen LogP contribution in [0.4, 0.5) is 0 Å². The Morgan fingerprint density at radius 1 is 0.559 bits per heavy atom. The molecule has 0 aliphatic carbocycles. The van der Waals surface area contributed by atoms with E-state index in [-0.39, 0.29) is 24.8 Å². The summed E-state index contributed by atoms with van der Waals surface area (Å²) in [5.41, 5.74) is 0.805. The van der Waals surface area contributed by atoms with Gasteiger partial charge >= 0.3 is 0 Å². The largest absolute Gasteiger partial charge is 0.485 e. The molecule has 0 radical (unpaired) electrons. The van der Waals surface area contributed by atoms with Crippen LogP contribution in [0.25, 0.3) is 10.8 Å². The second kappa shape index (κ2) is 10.7. The third-order valence-corrected chi connectivity index (χ3v) is 6.52. The van der Waals surface area contributed by atoms with Crippen LogP contribution >= 0.6 is 46.4 Å². The molecule has 0 aromatic heterocycles. The predicted octanol–water partition coefficient (Wildman–Crippen LogP) is 7.98. The van der Waals surface area contributed by atoms with Crippen LogP contribution in [0.15, 0.2) is 72.8 Å². The molecule has 0 spiro atoms. The van der Waals surface area contributed by atoms with Crippen LogP contribution in [0.2, 0.25) is 20.1 Å². The molecule has 34 heavy (non-hydrogen) atoms. The van der Waals surface area contributed by atoms with E-state index in [1.165, 1.54) is 12.1 Å². The van der Waals surface area contributed by atoms with E-state index in [1.807, 2.05) is 12.1 Å². The first-order valence-corrected chi connectivity index (χ1v) is 11.6. The van der Waals surface area contributed by atoms with Gasteiger partial charge in [0.05, 0.1) is 20.1 Å². The second-order valence-corrected chi connectivity index (χ2v) is 8.92. The first kappa shape index (κ1) is 24.4. The number of ketones is 2. The van der Waals surface area contributed by atoms with Crippen LogP contribution in [-0.2, 0) is 0 Å². The number of hydrogen-bond acceptors (Lipinski definition) is 4. The average Bonchev–Trinajstić information content (AvgIpc) is 2.84. The third kappa shape index (κ3) is 5.48. The molecule has 4 nitrogen and oxygen atoms in total. The molecule has 0 N–H and O–H groups in total. The number of carbonyl (C=O) groups excluding carboxylic acids is 2. The molecular formula is C26H16Cl4O4. The lowest BCUT2D eigenvalue weighted by Crippen LogP contribution is -2.12. The summed E-state index contributed by atoms with van der Waals surface area (Å²) in [4.78, 5) is 25.1. The zero-order chi connectivity index (χ0) is 24.2. The Balaban J connectivity index is 1.49. The molecule has 0 bridgehead atoms. The molecule has 0 unspecified atom stereocenters. The Morgan fingerprint density at radius 3 is 1.35 bits per heavy atom. The van der Waals surface area contributed by atoms with Crippen molar-refractivity contribution in [1.29, 1.82) is 0 Å². The van der Waals surface area contributed by atoms with Gasteiger partial charge in [0.2, 0.25) is 0 Å². The van der Waals surface area contributed by atoms with Crippen molar-refractivity contribution in [3.63, 3.8) is 0 Å². The Morgan fingerprint density at radius 2 is 0.971 bits per heavy atom. The normalized spacial score (nSPS) is 10.8. The molecule has 0 aliphatic heterocycles. The van der Waals surface area contributed by atoms with Crippen molar-refractivity contribution >= 4 is 68.7 Å². The van der Waals surface area contributed by atoms with Gasteiger partial charge in [0, 0.05) is 21.9 Å². The van der Waals surface area contributed by atoms with Gasteiger partial charge in [0.25, 0.3) is 0 Å². The number of fused-ring (bicyclic) bond motifs is 1. The van der Waals surface area contributed by atoms with E-state index in [4.69, 9.17) is 55.9 Å². The quantitative estimate of drug-likeness (QED) is 0.215. The molecule has 4 aromatic carbocycles. The van der Waals surface area contributed by atoms with Gasteiger partial charge in [-0.2, -0.15) is 0 Å². The smallest absolute Gasteiger partial charge is 0.200 e. The Kier molecular flexibility index (Phi) is 7.64. The maximum Gasteiger partial charge on any atom is 0.200 e. The van der Waals surface area contributed by atoms with E-state index in [0.717, 1.165) is 10.8 Å². The third-order valence-electron chi connectivity index (χ3n) is 5.04. The highest BCUT2D eigenvalue weighted by Gasteiger charge is 2.14. The van der Waals surface area contributed by atoms with Crippen LogP contribution < -0.4 is 9.47 Å². The van der Waals surface area contributed by atoms with Crippen molar-refractivity contribution < 1.29 is 19.1 Å². The summed E-state index contributed by atoms with van der Waals surface area (Å²) in [6.07, 6.45) is 0. The van der Waals surface area contributed by atoms with Crippen molar-refractivity contribution in [3.05, 3.63) is 104 Å². The van der Waals surface area contributed by atoms with Crippen LogP contribution in [0.3, 0.4) is 0 Å². The van der Waals surface area contributed by atoms with Gasteiger partial charge in [-0.05, 0) is 48.5 Å². The van der Waals surface area contributed by atoms with Gasteiger partial charge in [-0.1, -0.05) is 70.7 Å². The van der Waals surface area contributed by atoms with Crippen LogP contribution in [0.5, 0.6) is 11.5 Å². The molecule has 4 aromatic rings. The first-order chi connectivity index (χ1) is 16.3. The van der Waals surface area contributed by atoms with Gasteiger partial charge in [-0.15, -0.1) is 0 Å². The van der Waals surface area contributed by atoms with Crippen molar-refractivity contribution in [2.24, 2.45) is 0 Å². The Hall–Kier alpha value is -2.76. The van der Waals surface area contributed by atoms with Crippen molar-refractivity contribution in [1.82, 2.24) is 0 Å². The minimum absolute atomic E-state index is 0.183. The highest BCUT2D eigenvalue weighted by molar-refractivity contribution is 6.42. The molecule has 0 atom stereocenters. The van der Waals surface area contributed by atoms with E-state index in [1.54, 1.807) is 48.5 Å². The summed E-state index contributed by atoms with van der Waals surface area (Å²) in [5, 5.41) is 2.83. The maximum atomic E-state index is 12.5. The summed E-state index contributed by atoms with van der Waals surface area (Å²) in [7, 11) is 0. The zero-order valence-corrected chi connectivity index (χ0v) is 20.5. The number of ether oxygens (including phenoxy) is 2. The van der Waals surface area contributed by atoms with E-state index < -0.39 is 0 Å². The van der Waals surface area contributed by atoms with E-state index in [0.29, 0.717) is 42.7 Å². The number of rotatable bonds is 8. The molecule has 4 rings (SSSR count). The molecular weight excluding hydrogens is 518 g/mol. The standard InChI is InChI=1S/C26H16Cl4O4/c27-19-9-7-15(11-21(19)29)23(31)13-33-25-5-1-3-17-18(25)4-2-6-26(17)34-14-24(32)16-8-10-20(28)22(30)12-16/h1-12H,13-14H2. The number of carbonyl (C=O) groups is 2. The Bertz CT molecular complexity index is 1290. The minimum atomic E-state index is -0.241. The van der Waals surface area contributed by atoms with Crippen molar-refractivity contribution in [3.8, 4) is 11.5 Å².